The molecule has 19 heavy (non-hydrogen) atoms. The molecule has 0 aliphatic carbocycles. The van der Waals surface area contributed by atoms with Crippen LogP contribution in [-0.4, -0.2) is 22.8 Å². The van der Waals surface area contributed by atoms with E-state index in [0.717, 1.165) is 25.0 Å². The van der Waals surface area contributed by atoms with E-state index in [9.17, 15) is 4.39 Å². The van der Waals surface area contributed by atoms with E-state index >= 15 is 0 Å². The highest BCUT2D eigenvalue weighted by Gasteiger charge is 2.33. The van der Waals surface area contributed by atoms with Crippen molar-refractivity contribution in [2.24, 2.45) is 0 Å². The van der Waals surface area contributed by atoms with Crippen molar-refractivity contribution in [3.8, 4) is 0 Å². The number of benzene rings is 1. The Bertz CT molecular complexity index is 629. The number of nitrogen functional groups attached to an aromatic ring is 1. The standard InChI is InChI=1S/C14H18FN3O/c1-9-6-12-11(7-10(9)15)17-13(16)18(12)14(2)4-3-5-19-8-14/h6-7H,3-5,8H2,1-2H3,(H2,16,17). The minimum Gasteiger partial charge on any atom is -0.379 e. The van der Waals surface area contributed by atoms with Gasteiger partial charge < -0.3 is 15.0 Å². The third-order valence-corrected chi connectivity index (χ3v) is 3.92. The first kappa shape index (κ1) is 12.4. The number of fused-ring (bicyclic) bond motifs is 1. The van der Waals surface area contributed by atoms with Crippen LogP contribution in [0.15, 0.2) is 12.1 Å². The minimum atomic E-state index is -0.248. The summed E-state index contributed by atoms with van der Waals surface area (Å²) in [4.78, 5) is 4.28. The van der Waals surface area contributed by atoms with Crippen LogP contribution >= 0.6 is 0 Å². The van der Waals surface area contributed by atoms with Gasteiger partial charge in [0.25, 0.3) is 0 Å². The zero-order valence-corrected chi connectivity index (χ0v) is 11.2. The molecule has 1 aromatic carbocycles. The van der Waals surface area contributed by atoms with Crippen molar-refractivity contribution >= 4 is 17.0 Å². The maximum Gasteiger partial charge on any atom is 0.201 e. The van der Waals surface area contributed by atoms with Crippen molar-refractivity contribution in [1.82, 2.24) is 9.55 Å². The lowest BCUT2D eigenvalue weighted by Crippen LogP contribution is -2.39. The summed E-state index contributed by atoms with van der Waals surface area (Å²) in [5, 5.41) is 0. The fourth-order valence-electron chi connectivity index (χ4n) is 2.88. The fourth-order valence-corrected chi connectivity index (χ4v) is 2.88. The number of ether oxygens (including phenoxy) is 1. The molecule has 0 bridgehead atoms. The summed E-state index contributed by atoms with van der Waals surface area (Å²) in [6.45, 7) is 5.26. The van der Waals surface area contributed by atoms with Crippen LogP contribution in [0.4, 0.5) is 10.3 Å². The van der Waals surface area contributed by atoms with Gasteiger partial charge in [-0.15, -0.1) is 0 Å². The molecule has 102 valence electrons. The highest BCUT2D eigenvalue weighted by atomic mass is 19.1. The number of hydrogen-bond acceptors (Lipinski definition) is 3. The van der Waals surface area contributed by atoms with E-state index in [2.05, 4.69) is 11.9 Å². The highest BCUT2D eigenvalue weighted by Crippen LogP contribution is 2.34. The van der Waals surface area contributed by atoms with E-state index in [1.54, 1.807) is 6.92 Å². The summed E-state index contributed by atoms with van der Waals surface area (Å²) < 4.78 is 21.2. The molecule has 1 unspecified atom stereocenters. The molecule has 1 aliphatic heterocycles. The molecule has 2 heterocycles. The summed E-state index contributed by atoms with van der Waals surface area (Å²) >= 11 is 0. The van der Waals surface area contributed by atoms with Gasteiger partial charge in [-0.2, -0.15) is 0 Å². The summed E-state index contributed by atoms with van der Waals surface area (Å²) in [6, 6.07) is 3.26. The zero-order chi connectivity index (χ0) is 13.6. The van der Waals surface area contributed by atoms with Crippen LogP contribution in [0.5, 0.6) is 0 Å². The Balaban J connectivity index is 2.22. The number of aryl methyl sites for hydroxylation is 1. The normalized spacial score (nSPS) is 23.9. The SMILES string of the molecule is Cc1cc2c(cc1F)nc(N)n2C1(C)CCCOC1. The van der Waals surface area contributed by atoms with Crippen molar-refractivity contribution in [2.75, 3.05) is 18.9 Å². The lowest BCUT2D eigenvalue weighted by atomic mass is 9.94. The van der Waals surface area contributed by atoms with Crippen LogP contribution in [0.25, 0.3) is 11.0 Å². The van der Waals surface area contributed by atoms with Crippen molar-refractivity contribution in [2.45, 2.75) is 32.2 Å². The van der Waals surface area contributed by atoms with Crippen LogP contribution in [0.2, 0.25) is 0 Å². The molecular formula is C14H18FN3O. The van der Waals surface area contributed by atoms with Gasteiger partial charge in [0.2, 0.25) is 5.95 Å². The second-order valence-electron chi connectivity index (χ2n) is 5.55. The van der Waals surface area contributed by atoms with Crippen LogP contribution in [0.1, 0.15) is 25.3 Å². The van der Waals surface area contributed by atoms with E-state index in [4.69, 9.17) is 10.5 Å². The number of aromatic nitrogens is 2. The molecule has 1 aromatic heterocycles. The van der Waals surface area contributed by atoms with Gasteiger partial charge in [-0.3, -0.25) is 0 Å². The van der Waals surface area contributed by atoms with Gasteiger partial charge in [-0.1, -0.05) is 0 Å². The predicted molar refractivity (Wildman–Crippen MR) is 72.5 cm³/mol. The minimum absolute atomic E-state index is 0.207. The van der Waals surface area contributed by atoms with E-state index in [0.29, 0.717) is 23.6 Å². The second kappa shape index (κ2) is 4.20. The first-order valence-corrected chi connectivity index (χ1v) is 6.53. The third-order valence-electron chi connectivity index (χ3n) is 3.92. The van der Waals surface area contributed by atoms with Crippen molar-refractivity contribution in [3.63, 3.8) is 0 Å². The van der Waals surface area contributed by atoms with Crippen molar-refractivity contribution in [1.29, 1.82) is 0 Å². The van der Waals surface area contributed by atoms with Gasteiger partial charge >= 0.3 is 0 Å². The predicted octanol–water partition coefficient (Wildman–Crippen LogP) is 2.59. The molecule has 0 spiro atoms. The molecule has 5 heteroatoms. The number of anilines is 1. The van der Waals surface area contributed by atoms with E-state index < -0.39 is 0 Å². The monoisotopic (exact) mass is 263 g/mol. The average Bonchev–Trinajstić information content (AvgIpc) is 2.67. The Morgan fingerprint density at radius 1 is 1.47 bits per heavy atom. The molecule has 1 aliphatic rings. The van der Waals surface area contributed by atoms with Crippen LogP contribution in [0, 0.1) is 12.7 Å². The molecule has 0 radical (unpaired) electrons. The Morgan fingerprint density at radius 2 is 2.26 bits per heavy atom. The fraction of sp³-hybridized carbons (Fsp3) is 0.500. The molecular weight excluding hydrogens is 245 g/mol. The summed E-state index contributed by atoms with van der Waals surface area (Å²) in [6.07, 6.45) is 1.98. The molecule has 2 N–H and O–H groups in total. The number of halogens is 1. The van der Waals surface area contributed by atoms with Crippen molar-refractivity contribution < 1.29 is 9.13 Å². The van der Waals surface area contributed by atoms with Crippen LogP contribution < -0.4 is 5.73 Å². The zero-order valence-electron chi connectivity index (χ0n) is 11.2. The summed E-state index contributed by atoms with van der Waals surface area (Å²) in [5.41, 5.74) is 7.93. The highest BCUT2D eigenvalue weighted by molar-refractivity contribution is 5.79. The molecule has 0 saturated carbocycles. The second-order valence-corrected chi connectivity index (χ2v) is 5.55. The van der Waals surface area contributed by atoms with Gasteiger partial charge in [0.1, 0.15) is 5.82 Å². The number of nitrogens with two attached hydrogens (primary N) is 1. The Morgan fingerprint density at radius 3 is 2.95 bits per heavy atom. The molecule has 0 amide bonds. The Kier molecular flexibility index (Phi) is 2.74. The quantitative estimate of drug-likeness (QED) is 0.860. The smallest absolute Gasteiger partial charge is 0.201 e. The van der Waals surface area contributed by atoms with Crippen LogP contribution in [-0.2, 0) is 10.3 Å². The third kappa shape index (κ3) is 1.89. The van der Waals surface area contributed by atoms with E-state index in [-0.39, 0.29) is 11.4 Å². The number of nitrogens with zero attached hydrogens (tertiary/aromatic N) is 2. The van der Waals surface area contributed by atoms with Gasteiger partial charge in [-0.05, 0) is 38.3 Å². The van der Waals surface area contributed by atoms with Gasteiger partial charge in [0, 0.05) is 12.7 Å². The largest absolute Gasteiger partial charge is 0.379 e. The van der Waals surface area contributed by atoms with Gasteiger partial charge in [-0.25, -0.2) is 9.37 Å². The van der Waals surface area contributed by atoms with Gasteiger partial charge in [0.15, 0.2) is 0 Å². The maximum atomic E-state index is 13.6. The summed E-state index contributed by atoms with van der Waals surface area (Å²) in [7, 11) is 0. The summed E-state index contributed by atoms with van der Waals surface area (Å²) in [5.74, 6) is 0.176. The Hall–Kier alpha value is -1.62. The number of hydrogen-bond donors (Lipinski definition) is 1. The molecule has 1 atom stereocenters. The van der Waals surface area contributed by atoms with E-state index in [1.807, 2.05) is 10.6 Å². The van der Waals surface area contributed by atoms with Crippen molar-refractivity contribution in [3.05, 3.63) is 23.5 Å². The molecule has 2 aromatic rings. The first-order chi connectivity index (χ1) is 9.01. The lowest BCUT2D eigenvalue weighted by molar-refractivity contribution is 0.0124. The molecule has 4 nitrogen and oxygen atoms in total. The maximum absolute atomic E-state index is 13.6. The van der Waals surface area contributed by atoms with Gasteiger partial charge in [0.05, 0.1) is 23.2 Å². The Labute approximate surface area is 111 Å². The topological polar surface area (TPSA) is 53.1 Å². The average molecular weight is 263 g/mol. The molecule has 1 saturated heterocycles. The first-order valence-electron chi connectivity index (χ1n) is 6.53. The number of rotatable bonds is 1. The lowest BCUT2D eigenvalue weighted by Gasteiger charge is -2.36. The molecule has 1 fully saturated rings. The van der Waals surface area contributed by atoms with Crippen LogP contribution in [0.3, 0.4) is 0 Å². The number of imidazole rings is 1. The molecule has 3 rings (SSSR count). The van der Waals surface area contributed by atoms with E-state index in [1.165, 1.54) is 6.07 Å².